The van der Waals surface area contributed by atoms with E-state index in [0.29, 0.717) is 5.75 Å². The smallest absolute Gasteiger partial charge is 0.335 e. The highest BCUT2D eigenvalue weighted by Crippen LogP contribution is 2.25. The summed E-state index contributed by atoms with van der Waals surface area (Å²) in [7, 11) is 1.40. The molecule has 0 saturated heterocycles. The molecule has 0 spiro atoms. The van der Waals surface area contributed by atoms with Gasteiger partial charge in [0, 0.05) is 6.54 Å². The molecule has 0 heterocycles. The van der Waals surface area contributed by atoms with E-state index in [0.717, 1.165) is 0 Å². The Balaban J connectivity index is 2.99. The second kappa shape index (κ2) is 7.13. The van der Waals surface area contributed by atoms with Crippen LogP contribution in [-0.4, -0.2) is 48.1 Å². The van der Waals surface area contributed by atoms with E-state index in [1.807, 2.05) is 0 Å². The van der Waals surface area contributed by atoms with Crippen LogP contribution in [0.2, 0.25) is 0 Å². The van der Waals surface area contributed by atoms with Gasteiger partial charge in [-0.1, -0.05) is 0 Å². The molecule has 1 rings (SSSR count). The van der Waals surface area contributed by atoms with E-state index in [1.54, 1.807) is 6.92 Å². The minimum atomic E-state index is -1.13. The number of anilines is 1. The first-order valence-electron chi connectivity index (χ1n) is 6.14. The fourth-order valence-corrected chi connectivity index (χ4v) is 1.65. The number of likely N-dealkylation sites (N-methyl/N-ethyl adjacent to an activating group) is 1. The number of primary amides is 1. The van der Waals surface area contributed by atoms with Crippen molar-refractivity contribution in [3.05, 3.63) is 23.8 Å². The maximum absolute atomic E-state index is 12.0. The summed E-state index contributed by atoms with van der Waals surface area (Å²) in [5, 5.41) is 11.5. The van der Waals surface area contributed by atoms with Gasteiger partial charge in [-0.05, 0) is 25.1 Å². The number of rotatable bonds is 6. The molecule has 0 bridgehead atoms. The summed E-state index contributed by atoms with van der Waals surface area (Å²) in [5.41, 5.74) is 5.26. The Hall–Kier alpha value is -2.77. The summed E-state index contributed by atoms with van der Waals surface area (Å²) in [6.45, 7) is 1.73. The second-order valence-electron chi connectivity index (χ2n) is 4.13. The third kappa shape index (κ3) is 4.37. The lowest BCUT2D eigenvalue weighted by Crippen LogP contribution is -2.40. The lowest BCUT2D eigenvalue weighted by atomic mass is 10.2. The number of methoxy groups -OCH3 is 1. The van der Waals surface area contributed by atoms with Crippen LogP contribution in [0.3, 0.4) is 0 Å². The second-order valence-corrected chi connectivity index (χ2v) is 4.13. The molecule has 1 aromatic rings. The monoisotopic (exact) mass is 295 g/mol. The van der Waals surface area contributed by atoms with Crippen molar-refractivity contribution in [2.75, 3.05) is 25.5 Å². The number of nitrogens with two attached hydrogens (primary N) is 1. The van der Waals surface area contributed by atoms with Gasteiger partial charge in [-0.15, -0.1) is 0 Å². The van der Waals surface area contributed by atoms with Gasteiger partial charge in [-0.2, -0.15) is 0 Å². The molecule has 0 aliphatic carbocycles. The molecular formula is C13H17N3O5. The molecule has 0 aliphatic heterocycles. The van der Waals surface area contributed by atoms with Crippen molar-refractivity contribution in [2.24, 2.45) is 5.73 Å². The maximum Gasteiger partial charge on any atom is 0.335 e. The number of nitrogens with one attached hydrogen (secondary N) is 1. The molecule has 1 aromatic carbocycles. The van der Waals surface area contributed by atoms with E-state index in [-0.39, 0.29) is 24.3 Å². The molecule has 0 aliphatic rings. The van der Waals surface area contributed by atoms with E-state index in [2.05, 4.69) is 5.32 Å². The van der Waals surface area contributed by atoms with Gasteiger partial charge in [-0.3, -0.25) is 4.79 Å². The van der Waals surface area contributed by atoms with Crippen LogP contribution in [0, 0.1) is 0 Å². The first-order valence-corrected chi connectivity index (χ1v) is 6.14. The Morgan fingerprint density at radius 1 is 1.38 bits per heavy atom. The van der Waals surface area contributed by atoms with Crippen LogP contribution in [0.15, 0.2) is 18.2 Å². The van der Waals surface area contributed by atoms with Crippen molar-refractivity contribution in [3.8, 4) is 5.75 Å². The van der Waals surface area contributed by atoms with Crippen LogP contribution in [0.1, 0.15) is 17.3 Å². The number of urea groups is 1. The molecule has 8 heteroatoms. The van der Waals surface area contributed by atoms with Gasteiger partial charge in [0.1, 0.15) is 12.3 Å². The molecule has 21 heavy (non-hydrogen) atoms. The summed E-state index contributed by atoms with van der Waals surface area (Å²) >= 11 is 0. The minimum Gasteiger partial charge on any atom is -0.495 e. The minimum absolute atomic E-state index is 0.00375. The highest BCUT2D eigenvalue weighted by atomic mass is 16.5. The topological polar surface area (TPSA) is 122 Å². The Labute approximate surface area is 121 Å². The van der Waals surface area contributed by atoms with Crippen molar-refractivity contribution < 1.29 is 24.2 Å². The largest absolute Gasteiger partial charge is 0.495 e. The fraction of sp³-hybridized carbons (Fsp3) is 0.308. The number of carboxylic acid groups (broad SMARTS) is 1. The summed E-state index contributed by atoms with van der Waals surface area (Å²) in [6.07, 6.45) is 0. The average Bonchev–Trinajstić information content (AvgIpc) is 2.44. The van der Waals surface area contributed by atoms with Crippen molar-refractivity contribution in [3.63, 3.8) is 0 Å². The predicted octanol–water partition coefficient (Wildman–Crippen LogP) is 0.732. The van der Waals surface area contributed by atoms with E-state index in [4.69, 9.17) is 15.6 Å². The highest BCUT2D eigenvalue weighted by molar-refractivity contribution is 5.96. The highest BCUT2D eigenvalue weighted by Gasteiger charge is 2.17. The predicted molar refractivity (Wildman–Crippen MR) is 75.4 cm³/mol. The molecule has 3 amide bonds. The fourth-order valence-electron chi connectivity index (χ4n) is 1.65. The molecule has 0 fully saturated rings. The molecule has 8 nitrogen and oxygen atoms in total. The van der Waals surface area contributed by atoms with Gasteiger partial charge >= 0.3 is 12.0 Å². The molecule has 0 radical (unpaired) electrons. The maximum atomic E-state index is 12.0. The van der Waals surface area contributed by atoms with Gasteiger partial charge in [-0.25, -0.2) is 9.59 Å². The number of carboxylic acids is 1. The Kier molecular flexibility index (Phi) is 5.53. The molecular weight excluding hydrogens is 278 g/mol. The molecule has 0 saturated carbocycles. The molecule has 0 unspecified atom stereocenters. The number of carbonyl (C=O) groups excluding carboxylic acids is 2. The van der Waals surface area contributed by atoms with Crippen LogP contribution in [0.25, 0.3) is 0 Å². The molecule has 0 atom stereocenters. The molecule has 0 aromatic heterocycles. The molecule has 114 valence electrons. The zero-order valence-corrected chi connectivity index (χ0v) is 11.8. The first kappa shape index (κ1) is 16.3. The van der Waals surface area contributed by atoms with E-state index >= 15 is 0 Å². The van der Waals surface area contributed by atoms with Gasteiger partial charge in [0.2, 0.25) is 5.91 Å². The van der Waals surface area contributed by atoms with E-state index in [9.17, 15) is 14.4 Å². The summed E-state index contributed by atoms with van der Waals surface area (Å²) in [4.78, 5) is 35.1. The Morgan fingerprint density at radius 3 is 2.52 bits per heavy atom. The van der Waals surface area contributed by atoms with E-state index < -0.39 is 17.9 Å². The zero-order valence-electron chi connectivity index (χ0n) is 11.8. The third-order valence-corrected chi connectivity index (χ3v) is 2.70. The number of carbonyl (C=O) groups is 3. The van der Waals surface area contributed by atoms with Crippen LogP contribution in [0.4, 0.5) is 10.5 Å². The van der Waals surface area contributed by atoms with E-state index in [1.165, 1.54) is 30.2 Å². The van der Waals surface area contributed by atoms with Crippen molar-refractivity contribution in [2.45, 2.75) is 6.92 Å². The van der Waals surface area contributed by atoms with Gasteiger partial charge in [0.15, 0.2) is 0 Å². The summed E-state index contributed by atoms with van der Waals surface area (Å²) < 4.78 is 5.06. The average molecular weight is 295 g/mol. The van der Waals surface area contributed by atoms with Gasteiger partial charge in [0.25, 0.3) is 0 Å². The Bertz CT molecular complexity index is 559. The number of ether oxygens (including phenoxy) is 1. The van der Waals surface area contributed by atoms with Crippen molar-refractivity contribution in [1.82, 2.24) is 4.90 Å². The van der Waals surface area contributed by atoms with Crippen LogP contribution < -0.4 is 15.8 Å². The summed E-state index contributed by atoms with van der Waals surface area (Å²) in [5.74, 6) is -1.46. The lowest BCUT2D eigenvalue weighted by Gasteiger charge is -2.20. The SMILES string of the molecule is CCN(CC(N)=O)C(=O)Nc1cc(C(=O)O)ccc1OC. The van der Waals surface area contributed by atoms with Crippen molar-refractivity contribution in [1.29, 1.82) is 0 Å². The standard InChI is InChI=1S/C13H17N3O5/c1-3-16(7-11(14)17)13(20)15-9-6-8(12(18)19)4-5-10(9)21-2/h4-6H,3,7H2,1-2H3,(H2,14,17)(H,15,20)(H,18,19). The lowest BCUT2D eigenvalue weighted by molar-refractivity contribution is -0.118. The number of benzene rings is 1. The summed E-state index contributed by atoms with van der Waals surface area (Å²) in [6, 6.07) is 3.50. The van der Waals surface area contributed by atoms with Crippen LogP contribution >= 0.6 is 0 Å². The van der Waals surface area contributed by atoms with Crippen LogP contribution in [0.5, 0.6) is 5.75 Å². The Morgan fingerprint density at radius 2 is 2.05 bits per heavy atom. The number of hydrogen-bond donors (Lipinski definition) is 3. The van der Waals surface area contributed by atoms with Gasteiger partial charge in [0.05, 0.1) is 18.4 Å². The quantitative estimate of drug-likeness (QED) is 0.714. The zero-order chi connectivity index (χ0) is 16.0. The van der Waals surface area contributed by atoms with Gasteiger partial charge < -0.3 is 25.8 Å². The third-order valence-electron chi connectivity index (χ3n) is 2.70. The number of aromatic carboxylic acids is 1. The number of hydrogen-bond acceptors (Lipinski definition) is 4. The van der Waals surface area contributed by atoms with Crippen molar-refractivity contribution >= 4 is 23.6 Å². The van der Waals surface area contributed by atoms with Crippen LogP contribution in [-0.2, 0) is 4.79 Å². The number of amides is 3. The normalized spacial score (nSPS) is 9.81. The molecule has 4 N–H and O–H groups in total. The first-order chi connectivity index (χ1) is 9.88. The number of nitrogens with zero attached hydrogens (tertiary/aromatic N) is 1.